The third-order valence-electron chi connectivity index (χ3n) is 3.63. The van der Waals surface area contributed by atoms with Crippen LogP contribution in [0, 0.1) is 5.92 Å². The van der Waals surface area contributed by atoms with E-state index < -0.39 is 0 Å². The molecule has 1 atom stereocenters. The summed E-state index contributed by atoms with van der Waals surface area (Å²) in [4.78, 5) is 9.11. The average molecular weight is 272 g/mol. The first-order valence-electron chi connectivity index (χ1n) is 7.15. The minimum absolute atomic E-state index is 0.557. The van der Waals surface area contributed by atoms with Crippen molar-refractivity contribution in [1.29, 1.82) is 0 Å². The minimum atomic E-state index is 0.557. The molecule has 0 bridgehead atoms. The average Bonchev–Trinajstić information content (AvgIpc) is 2.53. The SMILES string of the molecule is CNc1nc2ccccc2nc1OC[C@@H]1CCCNC1. The summed E-state index contributed by atoms with van der Waals surface area (Å²) in [7, 11) is 1.84. The van der Waals surface area contributed by atoms with E-state index >= 15 is 0 Å². The first-order valence-corrected chi connectivity index (χ1v) is 7.15. The predicted octanol–water partition coefficient (Wildman–Crippen LogP) is 2.05. The Morgan fingerprint density at radius 1 is 1.30 bits per heavy atom. The Labute approximate surface area is 118 Å². The second-order valence-corrected chi connectivity index (χ2v) is 5.14. The van der Waals surface area contributed by atoms with Crippen molar-refractivity contribution in [1.82, 2.24) is 15.3 Å². The van der Waals surface area contributed by atoms with Crippen LogP contribution in [0.15, 0.2) is 24.3 Å². The molecule has 2 heterocycles. The predicted molar refractivity (Wildman–Crippen MR) is 80.2 cm³/mol. The number of nitrogens with zero attached hydrogens (tertiary/aromatic N) is 2. The molecule has 0 radical (unpaired) electrons. The van der Waals surface area contributed by atoms with Crippen molar-refractivity contribution in [3.8, 4) is 5.88 Å². The number of hydrogen-bond acceptors (Lipinski definition) is 5. The number of piperidine rings is 1. The molecule has 20 heavy (non-hydrogen) atoms. The lowest BCUT2D eigenvalue weighted by Crippen LogP contribution is -2.33. The second-order valence-electron chi connectivity index (χ2n) is 5.14. The normalized spacial score (nSPS) is 18.9. The maximum absolute atomic E-state index is 5.90. The molecular formula is C15H20N4O. The van der Waals surface area contributed by atoms with Gasteiger partial charge in [-0.1, -0.05) is 12.1 Å². The van der Waals surface area contributed by atoms with E-state index in [2.05, 4.69) is 20.6 Å². The van der Waals surface area contributed by atoms with Crippen molar-refractivity contribution in [2.24, 2.45) is 5.92 Å². The lowest BCUT2D eigenvalue weighted by Gasteiger charge is -2.22. The Morgan fingerprint density at radius 2 is 2.10 bits per heavy atom. The van der Waals surface area contributed by atoms with E-state index in [9.17, 15) is 0 Å². The summed E-state index contributed by atoms with van der Waals surface area (Å²) in [6.45, 7) is 2.83. The molecule has 0 spiro atoms. The van der Waals surface area contributed by atoms with Gasteiger partial charge in [-0.05, 0) is 31.5 Å². The van der Waals surface area contributed by atoms with E-state index in [0.29, 0.717) is 24.2 Å². The largest absolute Gasteiger partial charge is 0.475 e. The summed E-state index contributed by atoms with van der Waals surface area (Å²) in [6, 6.07) is 7.84. The van der Waals surface area contributed by atoms with Crippen molar-refractivity contribution in [3.63, 3.8) is 0 Å². The van der Waals surface area contributed by atoms with Crippen molar-refractivity contribution >= 4 is 16.9 Å². The third kappa shape index (κ3) is 2.82. The number of ether oxygens (including phenoxy) is 1. The van der Waals surface area contributed by atoms with Gasteiger partial charge in [0.2, 0.25) is 0 Å². The highest BCUT2D eigenvalue weighted by Crippen LogP contribution is 2.24. The fourth-order valence-corrected chi connectivity index (χ4v) is 2.51. The highest BCUT2D eigenvalue weighted by Gasteiger charge is 2.15. The lowest BCUT2D eigenvalue weighted by molar-refractivity contribution is 0.213. The zero-order valence-electron chi connectivity index (χ0n) is 11.7. The molecule has 0 amide bonds. The fourth-order valence-electron chi connectivity index (χ4n) is 2.51. The summed E-state index contributed by atoms with van der Waals surface area (Å²) in [5.74, 6) is 1.85. The van der Waals surface area contributed by atoms with Crippen LogP contribution in [-0.4, -0.2) is 36.7 Å². The summed E-state index contributed by atoms with van der Waals surface area (Å²) in [5, 5.41) is 6.46. The van der Waals surface area contributed by atoms with Crippen LogP contribution in [0.3, 0.4) is 0 Å². The molecule has 1 aromatic carbocycles. The third-order valence-corrected chi connectivity index (χ3v) is 3.63. The van der Waals surface area contributed by atoms with E-state index in [1.165, 1.54) is 12.8 Å². The van der Waals surface area contributed by atoms with Crippen LogP contribution in [0.2, 0.25) is 0 Å². The first-order chi connectivity index (χ1) is 9.86. The van der Waals surface area contributed by atoms with Crippen LogP contribution in [0.5, 0.6) is 5.88 Å². The van der Waals surface area contributed by atoms with Crippen molar-refractivity contribution in [2.45, 2.75) is 12.8 Å². The van der Waals surface area contributed by atoms with E-state index in [0.717, 1.165) is 24.1 Å². The molecule has 3 rings (SSSR count). The molecule has 1 aliphatic heterocycles. The van der Waals surface area contributed by atoms with Crippen LogP contribution < -0.4 is 15.4 Å². The molecule has 2 N–H and O–H groups in total. The topological polar surface area (TPSA) is 59.1 Å². The van der Waals surface area contributed by atoms with Gasteiger partial charge in [-0.2, -0.15) is 0 Å². The van der Waals surface area contributed by atoms with E-state index in [-0.39, 0.29) is 0 Å². The zero-order valence-corrected chi connectivity index (χ0v) is 11.7. The Bertz CT molecular complexity index is 581. The maximum atomic E-state index is 5.90. The Hall–Kier alpha value is -1.88. The number of fused-ring (bicyclic) bond motifs is 1. The monoisotopic (exact) mass is 272 g/mol. The van der Waals surface area contributed by atoms with Crippen molar-refractivity contribution < 1.29 is 4.74 Å². The number of benzene rings is 1. The maximum Gasteiger partial charge on any atom is 0.258 e. The molecular weight excluding hydrogens is 252 g/mol. The molecule has 0 unspecified atom stereocenters. The van der Waals surface area contributed by atoms with Gasteiger partial charge in [0, 0.05) is 19.5 Å². The molecule has 106 valence electrons. The number of rotatable bonds is 4. The second kappa shape index (κ2) is 6.05. The van der Waals surface area contributed by atoms with Gasteiger partial charge in [-0.25, -0.2) is 9.97 Å². The molecule has 1 aliphatic rings. The van der Waals surface area contributed by atoms with Crippen LogP contribution in [0.25, 0.3) is 11.0 Å². The van der Waals surface area contributed by atoms with Crippen molar-refractivity contribution in [2.75, 3.05) is 32.1 Å². The molecule has 1 aromatic heterocycles. The Balaban J connectivity index is 1.78. The van der Waals surface area contributed by atoms with Gasteiger partial charge in [-0.15, -0.1) is 0 Å². The van der Waals surface area contributed by atoms with Crippen LogP contribution >= 0.6 is 0 Å². The fraction of sp³-hybridized carbons (Fsp3) is 0.467. The van der Waals surface area contributed by atoms with E-state index in [1.807, 2.05) is 31.3 Å². The molecule has 1 fully saturated rings. The minimum Gasteiger partial charge on any atom is -0.475 e. The molecule has 2 aromatic rings. The van der Waals surface area contributed by atoms with Gasteiger partial charge in [0.15, 0.2) is 5.82 Å². The van der Waals surface area contributed by atoms with E-state index in [4.69, 9.17) is 4.74 Å². The Kier molecular flexibility index (Phi) is 3.97. The van der Waals surface area contributed by atoms with Crippen molar-refractivity contribution in [3.05, 3.63) is 24.3 Å². The summed E-state index contributed by atoms with van der Waals surface area (Å²) in [6.07, 6.45) is 2.43. The standard InChI is InChI=1S/C15H20N4O/c1-16-14-15(20-10-11-5-4-8-17-9-11)19-13-7-3-2-6-12(13)18-14/h2-3,6-7,11,17H,4-5,8-10H2,1H3,(H,16,18)/t11-/m1/s1. The van der Waals surface area contributed by atoms with Gasteiger partial charge in [-0.3, -0.25) is 0 Å². The molecule has 0 saturated carbocycles. The highest BCUT2D eigenvalue weighted by atomic mass is 16.5. The molecule has 0 aliphatic carbocycles. The quantitative estimate of drug-likeness (QED) is 0.892. The number of aromatic nitrogens is 2. The van der Waals surface area contributed by atoms with Crippen LogP contribution in [0.4, 0.5) is 5.82 Å². The zero-order chi connectivity index (χ0) is 13.8. The molecule has 1 saturated heterocycles. The molecule has 5 heteroatoms. The summed E-state index contributed by atoms with van der Waals surface area (Å²) < 4.78 is 5.90. The summed E-state index contributed by atoms with van der Waals surface area (Å²) >= 11 is 0. The van der Waals surface area contributed by atoms with Gasteiger partial charge in [0.1, 0.15) is 0 Å². The van der Waals surface area contributed by atoms with Gasteiger partial charge in [0.05, 0.1) is 17.6 Å². The number of nitrogens with one attached hydrogen (secondary N) is 2. The van der Waals surface area contributed by atoms with Gasteiger partial charge >= 0.3 is 0 Å². The van der Waals surface area contributed by atoms with Gasteiger partial charge < -0.3 is 15.4 Å². The number of para-hydroxylation sites is 2. The smallest absolute Gasteiger partial charge is 0.258 e. The highest BCUT2D eigenvalue weighted by molar-refractivity contribution is 5.77. The van der Waals surface area contributed by atoms with Crippen LogP contribution in [-0.2, 0) is 0 Å². The number of anilines is 1. The molecule has 5 nitrogen and oxygen atoms in total. The first kappa shape index (κ1) is 13.1. The van der Waals surface area contributed by atoms with Crippen LogP contribution in [0.1, 0.15) is 12.8 Å². The van der Waals surface area contributed by atoms with E-state index in [1.54, 1.807) is 0 Å². The number of hydrogen-bond donors (Lipinski definition) is 2. The lowest BCUT2D eigenvalue weighted by atomic mass is 10.0. The van der Waals surface area contributed by atoms with Gasteiger partial charge in [0.25, 0.3) is 5.88 Å². The summed E-state index contributed by atoms with van der Waals surface area (Å²) in [5.41, 5.74) is 1.74. The Morgan fingerprint density at radius 3 is 2.80 bits per heavy atom.